The molecule has 7 N–H and O–H groups in total. The second kappa shape index (κ2) is 12.2. The molecule has 0 saturated carbocycles. The minimum Gasteiger partial charge on any atom is -0.508 e. The lowest BCUT2D eigenvalue weighted by Crippen LogP contribution is -2.57. The van der Waals surface area contributed by atoms with Gasteiger partial charge >= 0.3 is 5.97 Å². The lowest BCUT2D eigenvalue weighted by Gasteiger charge is -2.24. The van der Waals surface area contributed by atoms with Crippen molar-refractivity contribution in [2.75, 3.05) is 6.54 Å². The molecule has 10 nitrogen and oxygen atoms in total. The number of aliphatic carboxylic acids is 1. The van der Waals surface area contributed by atoms with Gasteiger partial charge < -0.3 is 31.9 Å². The first kappa shape index (κ1) is 25.3. The Hall–Kier alpha value is -3.92. The number of phenolic OH excluding ortho intramolecular Hbond substituents is 1. The van der Waals surface area contributed by atoms with Crippen LogP contribution in [0.4, 0.5) is 0 Å². The second-order valence-corrected chi connectivity index (χ2v) is 7.51. The van der Waals surface area contributed by atoms with Crippen LogP contribution in [0.1, 0.15) is 18.1 Å². The summed E-state index contributed by atoms with van der Waals surface area (Å²) in [5.74, 6) is -3.05. The Morgan fingerprint density at radius 1 is 0.818 bits per heavy atom. The maximum atomic E-state index is 13.1. The predicted molar refractivity (Wildman–Crippen MR) is 120 cm³/mol. The van der Waals surface area contributed by atoms with E-state index in [-0.39, 0.29) is 25.1 Å². The highest BCUT2D eigenvalue weighted by atomic mass is 16.4. The summed E-state index contributed by atoms with van der Waals surface area (Å²) >= 11 is 0. The molecule has 33 heavy (non-hydrogen) atoms. The Morgan fingerprint density at radius 2 is 1.33 bits per heavy atom. The summed E-state index contributed by atoms with van der Waals surface area (Å²) in [6.07, 6.45) is 0.199. The van der Waals surface area contributed by atoms with Crippen molar-refractivity contribution >= 4 is 23.7 Å². The van der Waals surface area contributed by atoms with E-state index in [0.717, 1.165) is 5.56 Å². The van der Waals surface area contributed by atoms with Gasteiger partial charge in [0, 0.05) is 12.8 Å². The van der Waals surface area contributed by atoms with Gasteiger partial charge in [0.05, 0.1) is 6.54 Å². The molecule has 10 heteroatoms. The zero-order chi connectivity index (χ0) is 24.4. The molecule has 0 aromatic heterocycles. The Balaban J connectivity index is 2.23. The minimum atomic E-state index is -1.23. The Morgan fingerprint density at radius 3 is 1.88 bits per heavy atom. The molecule has 0 radical (unpaired) electrons. The van der Waals surface area contributed by atoms with Crippen molar-refractivity contribution in [3.8, 4) is 5.75 Å². The fourth-order valence-electron chi connectivity index (χ4n) is 3.04. The lowest BCUT2D eigenvalue weighted by molar-refractivity contribution is -0.141. The SMILES string of the molecule is C[C@H](NC(=O)[C@H](Cc1ccc(O)cc1)NC(=O)[C@H](Cc1ccccc1)NC(=O)CN)C(=O)O. The van der Waals surface area contributed by atoms with Crippen LogP contribution in [0.25, 0.3) is 0 Å². The summed E-state index contributed by atoms with van der Waals surface area (Å²) in [6, 6.07) is 11.7. The number of nitrogens with two attached hydrogens (primary N) is 1. The van der Waals surface area contributed by atoms with E-state index in [2.05, 4.69) is 16.0 Å². The van der Waals surface area contributed by atoms with Crippen molar-refractivity contribution in [2.45, 2.75) is 37.9 Å². The molecule has 0 spiro atoms. The van der Waals surface area contributed by atoms with Crippen LogP contribution in [0.2, 0.25) is 0 Å². The number of benzene rings is 2. The third-order valence-corrected chi connectivity index (χ3v) is 4.86. The molecule has 0 aliphatic carbocycles. The second-order valence-electron chi connectivity index (χ2n) is 7.51. The van der Waals surface area contributed by atoms with E-state index in [1.165, 1.54) is 19.1 Å². The first-order valence-corrected chi connectivity index (χ1v) is 10.3. The normalized spacial score (nSPS) is 13.3. The summed E-state index contributed by atoms with van der Waals surface area (Å²) in [7, 11) is 0. The van der Waals surface area contributed by atoms with Crippen LogP contribution in [0.3, 0.4) is 0 Å². The number of carboxylic acids is 1. The van der Waals surface area contributed by atoms with Gasteiger partial charge in [0.15, 0.2) is 0 Å². The summed E-state index contributed by atoms with van der Waals surface area (Å²) in [6.45, 7) is 0.992. The van der Waals surface area contributed by atoms with Crippen LogP contribution in [0.15, 0.2) is 54.6 Å². The number of carboxylic acid groups (broad SMARTS) is 1. The van der Waals surface area contributed by atoms with Gasteiger partial charge in [-0.05, 0) is 30.2 Å². The van der Waals surface area contributed by atoms with Crippen LogP contribution in [-0.2, 0) is 32.0 Å². The van der Waals surface area contributed by atoms with E-state index in [9.17, 15) is 24.3 Å². The number of phenols is 1. The van der Waals surface area contributed by atoms with Crippen LogP contribution >= 0.6 is 0 Å². The number of amides is 3. The molecule has 2 aromatic carbocycles. The van der Waals surface area contributed by atoms with Gasteiger partial charge in [-0.2, -0.15) is 0 Å². The number of hydrogen-bond acceptors (Lipinski definition) is 6. The summed E-state index contributed by atoms with van der Waals surface area (Å²) in [5, 5.41) is 26.1. The molecule has 3 amide bonds. The number of rotatable bonds is 11. The zero-order valence-corrected chi connectivity index (χ0v) is 18.2. The monoisotopic (exact) mass is 456 g/mol. The van der Waals surface area contributed by atoms with E-state index in [0.29, 0.717) is 5.56 Å². The molecule has 2 rings (SSSR count). The van der Waals surface area contributed by atoms with Gasteiger partial charge in [-0.25, -0.2) is 0 Å². The topological polar surface area (TPSA) is 171 Å². The first-order chi connectivity index (χ1) is 15.7. The smallest absolute Gasteiger partial charge is 0.325 e. The fraction of sp³-hybridized carbons (Fsp3) is 0.304. The van der Waals surface area contributed by atoms with E-state index in [1.54, 1.807) is 36.4 Å². The van der Waals surface area contributed by atoms with Crippen molar-refractivity contribution in [1.29, 1.82) is 0 Å². The summed E-state index contributed by atoms with van der Waals surface area (Å²) in [5.41, 5.74) is 6.79. The van der Waals surface area contributed by atoms with Crippen LogP contribution in [0.5, 0.6) is 5.75 Å². The molecular formula is C23H28N4O6. The van der Waals surface area contributed by atoms with Crippen LogP contribution in [0, 0.1) is 0 Å². The van der Waals surface area contributed by atoms with E-state index in [4.69, 9.17) is 10.8 Å². The number of nitrogens with one attached hydrogen (secondary N) is 3. The highest BCUT2D eigenvalue weighted by molar-refractivity contribution is 5.93. The Labute approximate surface area is 191 Å². The number of aromatic hydroxyl groups is 1. The summed E-state index contributed by atoms with van der Waals surface area (Å²) < 4.78 is 0. The number of carbonyl (C=O) groups is 4. The molecule has 2 aromatic rings. The van der Waals surface area contributed by atoms with Gasteiger partial charge in [-0.15, -0.1) is 0 Å². The van der Waals surface area contributed by atoms with E-state index in [1.807, 2.05) is 6.07 Å². The van der Waals surface area contributed by atoms with Crippen molar-refractivity contribution in [3.05, 3.63) is 65.7 Å². The lowest BCUT2D eigenvalue weighted by atomic mass is 10.0. The molecule has 0 bridgehead atoms. The van der Waals surface area contributed by atoms with Gasteiger partial charge in [-0.1, -0.05) is 42.5 Å². The highest BCUT2D eigenvalue weighted by Crippen LogP contribution is 2.12. The maximum absolute atomic E-state index is 13.1. The zero-order valence-electron chi connectivity index (χ0n) is 18.2. The molecule has 3 atom stereocenters. The average molecular weight is 456 g/mol. The number of hydrogen-bond donors (Lipinski definition) is 6. The van der Waals surface area contributed by atoms with Crippen molar-refractivity contribution in [1.82, 2.24) is 16.0 Å². The third kappa shape index (κ3) is 8.26. The van der Waals surface area contributed by atoms with Crippen molar-refractivity contribution in [2.24, 2.45) is 5.73 Å². The Kier molecular flexibility index (Phi) is 9.37. The van der Waals surface area contributed by atoms with E-state index >= 15 is 0 Å². The fourth-order valence-corrected chi connectivity index (χ4v) is 3.04. The molecule has 0 saturated heterocycles. The highest BCUT2D eigenvalue weighted by Gasteiger charge is 2.28. The largest absolute Gasteiger partial charge is 0.508 e. The molecule has 176 valence electrons. The van der Waals surface area contributed by atoms with Crippen molar-refractivity contribution < 1.29 is 29.4 Å². The third-order valence-electron chi connectivity index (χ3n) is 4.86. The van der Waals surface area contributed by atoms with Gasteiger partial charge in [0.2, 0.25) is 17.7 Å². The standard InChI is InChI=1S/C23H28N4O6/c1-14(23(32)33)25-21(30)19(12-16-7-9-17(28)10-8-16)27-22(31)18(26-20(29)13-24)11-15-5-3-2-4-6-15/h2-10,14,18-19,28H,11-13,24H2,1H3,(H,25,30)(H,26,29)(H,27,31)(H,32,33)/t14-,18-,19-/m0/s1. The predicted octanol–water partition coefficient (Wildman–Crippen LogP) is -0.305. The first-order valence-electron chi connectivity index (χ1n) is 10.3. The quantitative estimate of drug-likeness (QED) is 0.269. The van der Waals surface area contributed by atoms with Gasteiger partial charge in [0.25, 0.3) is 0 Å². The molecule has 0 unspecified atom stereocenters. The molecular weight excluding hydrogens is 428 g/mol. The maximum Gasteiger partial charge on any atom is 0.325 e. The molecule has 0 aliphatic heterocycles. The van der Waals surface area contributed by atoms with Gasteiger partial charge in [0.1, 0.15) is 23.9 Å². The summed E-state index contributed by atoms with van der Waals surface area (Å²) in [4.78, 5) is 48.9. The molecule has 0 aliphatic rings. The van der Waals surface area contributed by atoms with Crippen LogP contribution < -0.4 is 21.7 Å². The van der Waals surface area contributed by atoms with Crippen LogP contribution in [-0.4, -0.2) is 58.6 Å². The average Bonchev–Trinajstić information content (AvgIpc) is 2.79. The molecule has 0 heterocycles. The number of carbonyl (C=O) groups excluding carboxylic acids is 3. The van der Waals surface area contributed by atoms with Gasteiger partial charge in [-0.3, -0.25) is 19.2 Å². The Bertz CT molecular complexity index is 965. The minimum absolute atomic E-state index is 0.0348. The van der Waals surface area contributed by atoms with E-state index < -0.39 is 41.8 Å². The molecule has 0 fully saturated rings. The van der Waals surface area contributed by atoms with Crippen molar-refractivity contribution in [3.63, 3.8) is 0 Å².